The summed E-state index contributed by atoms with van der Waals surface area (Å²) in [6.07, 6.45) is 0.359. The molecular weight excluding hydrogens is 156 g/mol. The zero-order valence-corrected chi connectivity index (χ0v) is 7.11. The molecule has 1 aromatic carbocycles. The molecule has 0 saturated carbocycles. The highest BCUT2D eigenvalue weighted by Gasteiger charge is 2.12. The number of ether oxygens (including phenoxy) is 1. The van der Waals surface area contributed by atoms with Crippen LogP contribution in [0.5, 0.6) is 0 Å². The first-order valence-corrected chi connectivity index (χ1v) is 3.55. The lowest BCUT2D eigenvalue weighted by Gasteiger charge is -2.10. The molecule has 0 saturated heterocycles. The molecule has 0 aliphatic rings. The number of benzene rings is 1. The van der Waals surface area contributed by atoms with Crippen LogP contribution in [0.25, 0.3) is 0 Å². The topological polar surface area (TPSA) is 27.7 Å². The molecule has 3 nitrogen and oxygen atoms in total. The van der Waals surface area contributed by atoms with Crippen molar-refractivity contribution in [2.75, 3.05) is 14.2 Å². The molecule has 0 aliphatic carbocycles. The minimum absolute atomic E-state index is 0.359. The number of hydrogen-bond donors (Lipinski definition) is 0. The fraction of sp³-hybridized carbons (Fsp3) is 0.222. The van der Waals surface area contributed by atoms with E-state index in [1.807, 2.05) is 30.3 Å². The molecule has 0 heterocycles. The van der Waals surface area contributed by atoms with Gasteiger partial charge in [-0.3, -0.25) is 0 Å². The molecule has 0 bridgehead atoms. The second kappa shape index (κ2) is 4.87. The molecule has 0 aromatic heterocycles. The van der Waals surface area contributed by atoms with Crippen molar-refractivity contribution in [1.82, 2.24) is 0 Å². The van der Waals surface area contributed by atoms with Crippen molar-refractivity contribution in [1.29, 1.82) is 0 Å². The summed E-state index contributed by atoms with van der Waals surface area (Å²) in [5.74, 6) is 0. The lowest BCUT2D eigenvalue weighted by Crippen LogP contribution is -2.06. The summed E-state index contributed by atoms with van der Waals surface area (Å²) in [7, 11) is 2.96. The van der Waals surface area contributed by atoms with E-state index in [1.165, 1.54) is 14.2 Å². The van der Waals surface area contributed by atoms with Gasteiger partial charge in [0.1, 0.15) is 0 Å². The van der Waals surface area contributed by atoms with Crippen molar-refractivity contribution in [3.05, 3.63) is 42.2 Å². The molecule has 1 aromatic rings. The highest BCUT2D eigenvalue weighted by molar-refractivity contribution is 5.23. The van der Waals surface area contributed by atoms with Crippen molar-refractivity contribution in [2.45, 2.75) is 0 Å². The first kappa shape index (κ1) is 9.19. The fourth-order valence-electron chi connectivity index (χ4n) is 0.850. The number of hydrogen-bond acceptors (Lipinski definition) is 3. The van der Waals surface area contributed by atoms with Crippen molar-refractivity contribution >= 4 is 0 Å². The molecule has 0 amide bonds. The maximum Gasteiger partial charge on any atom is 0.289 e. The molecule has 0 fully saturated rings. The molecule has 0 N–H and O–H groups in total. The maximum absolute atomic E-state index is 4.95. The Bertz CT molecular complexity index is 210. The average molecular weight is 167 g/mol. The van der Waals surface area contributed by atoms with Crippen LogP contribution in [0, 0.1) is 6.29 Å². The third-order valence-corrected chi connectivity index (χ3v) is 1.35. The van der Waals surface area contributed by atoms with Crippen LogP contribution in [0.4, 0.5) is 0 Å². The summed E-state index contributed by atoms with van der Waals surface area (Å²) >= 11 is 0. The molecule has 0 aliphatic heterocycles. The highest BCUT2D eigenvalue weighted by atomic mass is 17.2. The van der Waals surface area contributed by atoms with E-state index in [2.05, 4.69) is 4.89 Å². The van der Waals surface area contributed by atoms with Crippen LogP contribution in [-0.4, -0.2) is 14.2 Å². The van der Waals surface area contributed by atoms with Gasteiger partial charge in [-0.25, -0.2) is 4.89 Å². The Labute approximate surface area is 71.8 Å². The van der Waals surface area contributed by atoms with E-state index in [9.17, 15) is 0 Å². The van der Waals surface area contributed by atoms with Gasteiger partial charge in [0.25, 0.3) is 6.29 Å². The minimum atomic E-state index is 0.359. The minimum Gasteiger partial charge on any atom is -0.343 e. The number of rotatable bonds is 4. The quantitative estimate of drug-likeness (QED) is 0.505. The summed E-state index contributed by atoms with van der Waals surface area (Å²) in [6.45, 7) is 0. The molecular formula is C9H11O3. The second-order valence-electron chi connectivity index (χ2n) is 2.11. The summed E-state index contributed by atoms with van der Waals surface area (Å²) in [5.41, 5.74) is 0.849. The smallest absolute Gasteiger partial charge is 0.289 e. The predicted molar refractivity (Wildman–Crippen MR) is 43.9 cm³/mol. The van der Waals surface area contributed by atoms with Gasteiger partial charge in [0, 0.05) is 12.7 Å². The van der Waals surface area contributed by atoms with Crippen LogP contribution in [0.2, 0.25) is 0 Å². The van der Waals surface area contributed by atoms with Gasteiger partial charge in [0.15, 0.2) is 0 Å². The summed E-state index contributed by atoms with van der Waals surface area (Å²) in [6, 6.07) is 9.46. The van der Waals surface area contributed by atoms with Gasteiger partial charge in [-0.15, -0.1) is 0 Å². The van der Waals surface area contributed by atoms with Crippen LogP contribution in [0.15, 0.2) is 30.3 Å². The van der Waals surface area contributed by atoms with Gasteiger partial charge in [0.2, 0.25) is 0 Å². The van der Waals surface area contributed by atoms with Crippen molar-refractivity contribution in [3.63, 3.8) is 0 Å². The first-order valence-electron chi connectivity index (χ1n) is 3.55. The van der Waals surface area contributed by atoms with Crippen LogP contribution in [0.3, 0.4) is 0 Å². The summed E-state index contributed by atoms with van der Waals surface area (Å²) < 4.78 is 4.95. The van der Waals surface area contributed by atoms with Gasteiger partial charge < -0.3 is 4.74 Å². The Balaban J connectivity index is 2.66. The molecule has 1 rings (SSSR count). The van der Waals surface area contributed by atoms with Gasteiger partial charge in [-0.2, -0.15) is 4.89 Å². The molecule has 0 spiro atoms. The third-order valence-electron chi connectivity index (χ3n) is 1.35. The van der Waals surface area contributed by atoms with Crippen molar-refractivity contribution < 1.29 is 14.5 Å². The molecule has 12 heavy (non-hydrogen) atoms. The van der Waals surface area contributed by atoms with Crippen LogP contribution >= 0.6 is 0 Å². The van der Waals surface area contributed by atoms with Gasteiger partial charge in [-0.1, -0.05) is 30.3 Å². The van der Waals surface area contributed by atoms with E-state index in [0.717, 1.165) is 5.56 Å². The Morgan fingerprint density at radius 2 is 1.75 bits per heavy atom. The van der Waals surface area contributed by atoms with E-state index in [4.69, 9.17) is 9.62 Å². The van der Waals surface area contributed by atoms with Crippen LogP contribution < -0.4 is 0 Å². The summed E-state index contributed by atoms with van der Waals surface area (Å²) in [4.78, 5) is 9.26. The maximum atomic E-state index is 4.95. The van der Waals surface area contributed by atoms with Crippen molar-refractivity contribution in [2.24, 2.45) is 0 Å². The third kappa shape index (κ3) is 2.30. The first-order chi connectivity index (χ1) is 5.88. The lowest BCUT2D eigenvalue weighted by atomic mass is 10.2. The average Bonchev–Trinajstić information content (AvgIpc) is 2.15. The zero-order valence-electron chi connectivity index (χ0n) is 7.11. The highest BCUT2D eigenvalue weighted by Crippen LogP contribution is 2.15. The molecule has 0 atom stereocenters. The lowest BCUT2D eigenvalue weighted by molar-refractivity contribution is -0.297. The molecule has 65 valence electrons. The standard InChI is InChI=1S/C9H11O3/c1-10-9(12-11-2)8-6-4-3-5-7-8/h3-7H,1-2H3. The molecule has 1 radical (unpaired) electrons. The van der Waals surface area contributed by atoms with Gasteiger partial charge in [0.05, 0.1) is 7.11 Å². The monoisotopic (exact) mass is 167 g/mol. The zero-order chi connectivity index (χ0) is 8.81. The van der Waals surface area contributed by atoms with Crippen molar-refractivity contribution in [3.8, 4) is 0 Å². The SMILES string of the molecule is COO[C](OC)c1ccccc1. The Kier molecular flexibility index (Phi) is 3.73. The van der Waals surface area contributed by atoms with E-state index in [0.29, 0.717) is 6.29 Å². The Hall–Kier alpha value is -0.900. The second-order valence-corrected chi connectivity index (χ2v) is 2.11. The van der Waals surface area contributed by atoms with Gasteiger partial charge in [-0.05, 0) is 0 Å². The van der Waals surface area contributed by atoms with Crippen LogP contribution in [-0.2, 0) is 14.5 Å². The number of methoxy groups -OCH3 is 1. The van der Waals surface area contributed by atoms with E-state index in [-0.39, 0.29) is 0 Å². The largest absolute Gasteiger partial charge is 0.343 e. The fourth-order valence-corrected chi connectivity index (χ4v) is 0.850. The Morgan fingerprint density at radius 1 is 1.08 bits per heavy atom. The van der Waals surface area contributed by atoms with E-state index >= 15 is 0 Å². The molecule has 3 heteroatoms. The van der Waals surface area contributed by atoms with E-state index in [1.54, 1.807) is 0 Å². The normalized spacial score (nSPS) is 10.6. The van der Waals surface area contributed by atoms with Crippen LogP contribution in [0.1, 0.15) is 5.56 Å². The predicted octanol–water partition coefficient (Wildman–Crippen LogP) is 1.75. The van der Waals surface area contributed by atoms with E-state index < -0.39 is 0 Å². The van der Waals surface area contributed by atoms with Gasteiger partial charge >= 0.3 is 0 Å². The summed E-state index contributed by atoms with van der Waals surface area (Å²) in [5, 5.41) is 0. The Morgan fingerprint density at radius 3 is 2.25 bits per heavy atom. The molecule has 0 unspecified atom stereocenters.